The Labute approximate surface area is 89.7 Å². The minimum Gasteiger partial charge on any atom is -0.490 e. The third kappa shape index (κ3) is 2.93. The summed E-state index contributed by atoms with van der Waals surface area (Å²) in [4.78, 5) is 2.30. The molecule has 0 atom stereocenters. The second-order valence-electron chi connectivity index (χ2n) is 4.07. The first-order valence-corrected chi connectivity index (χ1v) is 5.35. The van der Waals surface area contributed by atoms with E-state index >= 15 is 0 Å². The topological polar surface area (TPSA) is 12.5 Å². The first-order chi connectivity index (χ1) is 7.24. The third-order valence-corrected chi connectivity index (χ3v) is 2.78. The molecule has 1 aliphatic rings. The number of nitrogens with zero attached hydrogens (tertiary/aromatic N) is 1. The van der Waals surface area contributed by atoms with Crippen LogP contribution in [0.2, 0.25) is 0 Å². The summed E-state index contributed by atoms with van der Waals surface area (Å²) in [6.45, 7) is 2.15. The van der Waals surface area contributed by atoms with Crippen LogP contribution >= 0.6 is 0 Å². The van der Waals surface area contributed by atoms with Gasteiger partial charge in [0, 0.05) is 13.1 Å². The second-order valence-corrected chi connectivity index (χ2v) is 4.07. The van der Waals surface area contributed by atoms with Crippen LogP contribution in [0.5, 0.6) is 5.75 Å². The quantitative estimate of drug-likeness (QED) is 0.741. The lowest BCUT2D eigenvalue weighted by Gasteiger charge is -2.29. The fourth-order valence-corrected chi connectivity index (χ4v) is 1.81. The maximum Gasteiger partial charge on any atom is 0.123 e. The predicted octanol–water partition coefficient (Wildman–Crippen LogP) is 2.30. The summed E-state index contributed by atoms with van der Waals surface area (Å²) in [5.41, 5.74) is 0. The molecule has 0 aromatic heterocycles. The zero-order valence-corrected chi connectivity index (χ0v) is 8.95. The number of rotatable bonds is 2. The number of ether oxygens (including phenoxy) is 1. The largest absolute Gasteiger partial charge is 0.490 e. The molecule has 0 N–H and O–H groups in total. The van der Waals surface area contributed by atoms with Gasteiger partial charge >= 0.3 is 0 Å². The number of halogens is 1. The Morgan fingerprint density at radius 3 is 2.40 bits per heavy atom. The van der Waals surface area contributed by atoms with Gasteiger partial charge in [-0.3, -0.25) is 0 Å². The molecule has 1 aliphatic heterocycles. The van der Waals surface area contributed by atoms with Crippen molar-refractivity contribution < 1.29 is 9.13 Å². The van der Waals surface area contributed by atoms with E-state index in [4.69, 9.17) is 4.74 Å². The van der Waals surface area contributed by atoms with Crippen LogP contribution in [0.1, 0.15) is 12.8 Å². The molecule has 0 amide bonds. The molecule has 0 aliphatic carbocycles. The molecule has 0 unspecified atom stereocenters. The van der Waals surface area contributed by atoms with Gasteiger partial charge in [-0.05, 0) is 44.2 Å². The van der Waals surface area contributed by atoms with E-state index in [9.17, 15) is 4.39 Å². The Morgan fingerprint density at radius 1 is 1.20 bits per heavy atom. The van der Waals surface area contributed by atoms with Crippen LogP contribution in [0, 0.1) is 5.82 Å². The van der Waals surface area contributed by atoms with Crippen molar-refractivity contribution in [1.82, 2.24) is 4.90 Å². The fourth-order valence-electron chi connectivity index (χ4n) is 1.81. The normalized spacial score (nSPS) is 19.1. The number of hydrogen-bond donors (Lipinski definition) is 0. The van der Waals surface area contributed by atoms with Crippen molar-refractivity contribution in [3.63, 3.8) is 0 Å². The smallest absolute Gasteiger partial charge is 0.123 e. The van der Waals surface area contributed by atoms with E-state index in [2.05, 4.69) is 11.9 Å². The van der Waals surface area contributed by atoms with Gasteiger partial charge in [0.15, 0.2) is 0 Å². The minimum absolute atomic E-state index is 0.217. The van der Waals surface area contributed by atoms with E-state index in [-0.39, 0.29) is 11.9 Å². The van der Waals surface area contributed by atoms with Crippen LogP contribution in [0.4, 0.5) is 4.39 Å². The molecule has 0 radical (unpaired) electrons. The Kier molecular flexibility index (Phi) is 3.21. The Morgan fingerprint density at radius 2 is 1.80 bits per heavy atom. The molecule has 15 heavy (non-hydrogen) atoms. The van der Waals surface area contributed by atoms with Gasteiger partial charge in [-0.2, -0.15) is 0 Å². The molecule has 3 heteroatoms. The zero-order chi connectivity index (χ0) is 10.7. The number of hydrogen-bond acceptors (Lipinski definition) is 2. The van der Waals surface area contributed by atoms with Crippen LogP contribution in [-0.2, 0) is 0 Å². The standard InChI is InChI=1S/C12H16FNO/c1-14-8-6-12(7-9-14)15-11-4-2-10(13)3-5-11/h2-5,12H,6-9H2,1H3. The molecule has 1 saturated heterocycles. The highest BCUT2D eigenvalue weighted by atomic mass is 19.1. The Bertz CT molecular complexity index is 304. The van der Waals surface area contributed by atoms with Gasteiger partial charge in [0.2, 0.25) is 0 Å². The SMILES string of the molecule is CN1CCC(Oc2ccc(F)cc2)CC1. The summed E-state index contributed by atoms with van der Waals surface area (Å²) >= 11 is 0. The van der Waals surface area contributed by atoms with Crippen molar-refractivity contribution in [2.24, 2.45) is 0 Å². The van der Waals surface area contributed by atoms with Gasteiger partial charge in [-0.25, -0.2) is 4.39 Å². The van der Waals surface area contributed by atoms with E-state index in [0.29, 0.717) is 0 Å². The molecule has 1 heterocycles. The highest BCUT2D eigenvalue weighted by molar-refractivity contribution is 5.22. The number of likely N-dealkylation sites (tertiary alicyclic amines) is 1. The maximum absolute atomic E-state index is 12.7. The zero-order valence-electron chi connectivity index (χ0n) is 8.95. The average Bonchev–Trinajstić information content (AvgIpc) is 2.25. The first kappa shape index (κ1) is 10.4. The first-order valence-electron chi connectivity index (χ1n) is 5.35. The van der Waals surface area contributed by atoms with E-state index in [1.807, 2.05) is 0 Å². The average molecular weight is 209 g/mol. The lowest BCUT2D eigenvalue weighted by atomic mass is 10.1. The lowest BCUT2D eigenvalue weighted by molar-refractivity contribution is 0.114. The molecule has 0 spiro atoms. The van der Waals surface area contributed by atoms with Gasteiger partial charge in [0.25, 0.3) is 0 Å². The van der Waals surface area contributed by atoms with Crippen LogP contribution in [-0.4, -0.2) is 31.1 Å². The molecule has 1 aromatic rings. The monoisotopic (exact) mass is 209 g/mol. The van der Waals surface area contributed by atoms with E-state index in [1.165, 1.54) is 12.1 Å². The summed E-state index contributed by atoms with van der Waals surface area (Å²) in [5, 5.41) is 0. The summed E-state index contributed by atoms with van der Waals surface area (Å²) in [7, 11) is 2.12. The Balaban J connectivity index is 1.89. The number of benzene rings is 1. The van der Waals surface area contributed by atoms with E-state index in [1.54, 1.807) is 12.1 Å². The predicted molar refractivity (Wildman–Crippen MR) is 57.5 cm³/mol. The highest BCUT2D eigenvalue weighted by Crippen LogP contribution is 2.18. The van der Waals surface area contributed by atoms with Crippen molar-refractivity contribution >= 4 is 0 Å². The molecule has 0 bridgehead atoms. The molecule has 2 rings (SSSR count). The minimum atomic E-state index is -0.217. The van der Waals surface area contributed by atoms with Crippen LogP contribution in [0.3, 0.4) is 0 Å². The second kappa shape index (κ2) is 4.62. The van der Waals surface area contributed by atoms with E-state index in [0.717, 1.165) is 31.7 Å². The van der Waals surface area contributed by atoms with E-state index < -0.39 is 0 Å². The lowest BCUT2D eigenvalue weighted by Crippen LogP contribution is -2.35. The number of piperidine rings is 1. The van der Waals surface area contributed by atoms with Gasteiger partial charge in [0.05, 0.1) is 0 Å². The van der Waals surface area contributed by atoms with Crippen molar-refractivity contribution in [2.45, 2.75) is 18.9 Å². The summed E-state index contributed by atoms with van der Waals surface area (Å²) in [6, 6.07) is 6.25. The third-order valence-electron chi connectivity index (χ3n) is 2.78. The van der Waals surface area contributed by atoms with Gasteiger partial charge in [0.1, 0.15) is 17.7 Å². The van der Waals surface area contributed by atoms with Crippen LogP contribution < -0.4 is 4.74 Å². The summed E-state index contributed by atoms with van der Waals surface area (Å²) < 4.78 is 18.4. The summed E-state index contributed by atoms with van der Waals surface area (Å²) in [5.74, 6) is 0.552. The van der Waals surface area contributed by atoms with Crippen molar-refractivity contribution in [3.8, 4) is 5.75 Å². The van der Waals surface area contributed by atoms with Crippen molar-refractivity contribution in [3.05, 3.63) is 30.1 Å². The maximum atomic E-state index is 12.7. The van der Waals surface area contributed by atoms with Gasteiger partial charge < -0.3 is 9.64 Å². The summed E-state index contributed by atoms with van der Waals surface area (Å²) in [6.07, 6.45) is 2.38. The van der Waals surface area contributed by atoms with Gasteiger partial charge in [-0.15, -0.1) is 0 Å². The van der Waals surface area contributed by atoms with Crippen molar-refractivity contribution in [1.29, 1.82) is 0 Å². The molecular formula is C12H16FNO. The molecular weight excluding hydrogens is 193 g/mol. The Hall–Kier alpha value is -1.09. The van der Waals surface area contributed by atoms with Crippen molar-refractivity contribution in [2.75, 3.05) is 20.1 Å². The molecule has 0 saturated carbocycles. The van der Waals surface area contributed by atoms with Gasteiger partial charge in [-0.1, -0.05) is 0 Å². The molecule has 2 nitrogen and oxygen atoms in total. The molecule has 1 aromatic carbocycles. The van der Waals surface area contributed by atoms with Crippen LogP contribution in [0.15, 0.2) is 24.3 Å². The van der Waals surface area contributed by atoms with Crippen LogP contribution in [0.25, 0.3) is 0 Å². The molecule has 82 valence electrons. The molecule has 1 fully saturated rings. The highest BCUT2D eigenvalue weighted by Gasteiger charge is 2.17. The fraction of sp³-hybridized carbons (Fsp3) is 0.500.